The molecule has 0 aromatic rings. The fraction of sp³-hybridized carbons (Fsp3) is 1.00. The van der Waals surface area contributed by atoms with Gasteiger partial charge in [-0.1, -0.05) is 6.42 Å². The Kier molecular flexibility index (Phi) is 7.77. The summed E-state index contributed by atoms with van der Waals surface area (Å²) in [6.45, 7) is 6.41. The van der Waals surface area contributed by atoms with Gasteiger partial charge in [0.05, 0.1) is 6.61 Å². The molecule has 1 aliphatic heterocycles. The van der Waals surface area contributed by atoms with Gasteiger partial charge in [0.1, 0.15) is 0 Å². The van der Waals surface area contributed by atoms with Crippen molar-refractivity contribution in [1.29, 1.82) is 0 Å². The average Bonchev–Trinajstić information content (AvgIpc) is 2.34. The quantitative estimate of drug-likeness (QED) is 0.633. The number of nitrogens with one attached hydrogen (secondary N) is 1. The Morgan fingerprint density at radius 2 is 2.18 bits per heavy atom. The van der Waals surface area contributed by atoms with Crippen LogP contribution in [0.25, 0.3) is 0 Å². The highest BCUT2D eigenvalue weighted by Crippen LogP contribution is 2.13. The van der Waals surface area contributed by atoms with E-state index in [2.05, 4.69) is 29.2 Å². The molecule has 1 N–H and O–H groups in total. The number of hydrogen-bond acceptors (Lipinski definition) is 4. The van der Waals surface area contributed by atoms with Crippen LogP contribution in [0.15, 0.2) is 0 Å². The third-order valence-electron chi connectivity index (χ3n) is 3.65. The molecular weight excluding hydrogens is 214 g/mol. The topological polar surface area (TPSA) is 27.7 Å². The third-order valence-corrected chi connectivity index (χ3v) is 3.65. The molecule has 1 atom stereocenters. The Morgan fingerprint density at radius 3 is 2.88 bits per heavy atom. The summed E-state index contributed by atoms with van der Waals surface area (Å²) in [7, 11) is 6.15. The molecule has 0 saturated carbocycles. The van der Waals surface area contributed by atoms with Gasteiger partial charge in [-0.15, -0.1) is 0 Å². The Hall–Kier alpha value is -0.160. The molecule has 0 spiro atoms. The van der Waals surface area contributed by atoms with Crippen LogP contribution in [0, 0.1) is 0 Å². The molecule has 0 aromatic carbocycles. The summed E-state index contributed by atoms with van der Waals surface area (Å²) in [5.41, 5.74) is 0. The van der Waals surface area contributed by atoms with Crippen LogP contribution in [0.5, 0.6) is 0 Å². The molecule has 1 unspecified atom stereocenters. The molecule has 0 amide bonds. The highest BCUT2D eigenvalue weighted by molar-refractivity contribution is 4.76. The first-order valence-corrected chi connectivity index (χ1v) is 6.82. The predicted molar refractivity (Wildman–Crippen MR) is 72.5 cm³/mol. The number of ether oxygens (including phenoxy) is 1. The van der Waals surface area contributed by atoms with Crippen LogP contribution in [0.4, 0.5) is 0 Å². The van der Waals surface area contributed by atoms with E-state index in [4.69, 9.17) is 4.74 Å². The second kappa shape index (κ2) is 8.86. The molecule has 0 aliphatic carbocycles. The fourth-order valence-electron chi connectivity index (χ4n) is 2.30. The summed E-state index contributed by atoms with van der Waals surface area (Å²) in [4.78, 5) is 4.80. The second-order valence-electron chi connectivity index (χ2n) is 5.13. The standard InChI is InChI=1S/C13H29N3O/c1-15(10-11-17-3)9-7-14-12-13-6-4-5-8-16(13)2/h13-14H,4-12H2,1-3H3. The van der Waals surface area contributed by atoms with Gasteiger partial charge in [-0.05, 0) is 33.5 Å². The lowest BCUT2D eigenvalue weighted by atomic mass is 10.0. The zero-order valence-corrected chi connectivity index (χ0v) is 11.7. The number of rotatable bonds is 8. The smallest absolute Gasteiger partial charge is 0.0589 e. The van der Waals surface area contributed by atoms with E-state index in [1.54, 1.807) is 7.11 Å². The lowest BCUT2D eigenvalue weighted by Crippen LogP contribution is -2.44. The predicted octanol–water partition coefficient (Wildman–Crippen LogP) is 0.639. The molecule has 1 rings (SSSR count). The minimum Gasteiger partial charge on any atom is -0.383 e. The van der Waals surface area contributed by atoms with E-state index in [-0.39, 0.29) is 0 Å². The van der Waals surface area contributed by atoms with Gasteiger partial charge in [-0.3, -0.25) is 0 Å². The Bertz CT molecular complexity index is 190. The van der Waals surface area contributed by atoms with Crippen molar-refractivity contribution in [2.24, 2.45) is 0 Å². The van der Waals surface area contributed by atoms with Gasteiger partial charge in [0, 0.05) is 39.3 Å². The van der Waals surface area contributed by atoms with Crippen molar-refractivity contribution in [3.8, 4) is 0 Å². The van der Waals surface area contributed by atoms with Crippen LogP contribution in [-0.4, -0.2) is 76.4 Å². The molecule has 1 aliphatic rings. The Balaban J connectivity index is 1.99. The number of hydrogen-bond donors (Lipinski definition) is 1. The van der Waals surface area contributed by atoms with Crippen LogP contribution in [-0.2, 0) is 4.74 Å². The van der Waals surface area contributed by atoms with E-state index >= 15 is 0 Å². The van der Waals surface area contributed by atoms with Crippen molar-refractivity contribution in [2.75, 3.05) is 60.5 Å². The van der Waals surface area contributed by atoms with E-state index in [0.29, 0.717) is 0 Å². The number of likely N-dealkylation sites (N-methyl/N-ethyl adjacent to an activating group) is 2. The molecule has 4 heteroatoms. The lowest BCUT2D eigenvalue weighted by Gasteiger charge is -2.32. The highest BCUT2D eigenvalue weighted by atomic mass is 16.5. The first-order chi connectivity index (χ1) is 8.24. The summed E-state index contributed by atoms with van der Waals surface area (Å²) < 4.78 is 5.06. The van der Waals surface area contributed by atoms with Crippen molar-refractivity contribution in [3.63, 3.8) is 0 Å². The van der Waals surface area contributed by atoms with Crippen LogP contribution < -0.4 is 5.32 Å². The number of nitrogens with zero attached hydrogens (tertiary/aromatic N) is 2. The number of methoxy groups -OCH3 is 1. The van der Waals surface area contributed by atoms with Crippen LogP contribution in [0.2, 0.25) is 0 Å². The first-order valence-electron chi connectivity index (χ1n) is 6.82. The molecule has 1 heterocycles. The maximum atomic E-state index is 5.06. The normalized spacial score (nSPS) is 22.2. The minimum atomic E-state index is 0.744. The summed E-state index contributed by atoms with van der Waals surface area (Å²) in [6, 6.07) is 0.744. The van der Waals surface area contributed by atoms with Gasteiger partial charge in [0.15, 0.2) is 0 Å². The molecule has 4 nitrogen and oxygen atoms in total. The van der Waals surface area contributed by atoms with Crippen LogP contribution >= 0.6 is 0 Å². The average molecular weight is 243 g/mol. The minimum absolute atomic E-state index is 0.744. The molecular formula is C13H29N3O. The van der Waals surface area contributed by atoms with E-state index in [1.165, 1.54) is 25.8 Å². The molecule has 0 radical (unpaired) electrons. The first kappa shape index (κ1) is 14.9. The molecule has 102 valence electrons. The van der Waals surface area contributed by atoms with Gasteiger partial charge >= 0.3 is 0 Å². The summed E-state index contributed by atoms with van der Waals surface area (Å²) in [5, 5.41) is 3.57. The van der Waals surface area contributed by atoms with E-state index in [9.17, 15) is 0 Å². The van der Waals surface area contributed by atoms with Crippen LogP contribution in [0.3, 0.4) is 0 Å². The molecule has 1 saturated heterocycles. The maximum absolute atomic E-state index is 5.06. The molecule has 17 heavy (non-hydrogen) atoms. The van der Waals surface area contributed by atoms with E-state index < -0.39 is 0 Å². The van der Waals surface area contributed by atoms with Gasteiger partial charge in [0.25, 0.3) is 0 Å². The maximum Gasteiger partial charge on any atom is 0.0589 e. The lowest BCUT2D eigenvalue weighted by molar-refractivity contribution is 0.158. The fourth-order valence-corrected chi connectivity index (χ4v) is 2.30. The van der Waals surface area contributed by atoms with E-state index in [0.717, 1.165) is 38.8 Å². The monoisotopic (exact) mass is 243 g/mol. The Morgan fingerprint density at radius 1 is 1.35 bits per heavy atom. The van der Waals surface area contributed by atoms with Gasteiger partial charge in [0.2, 0.25) is 0 Å². The zero-order valence-electron chi connectivity index (χ0n) is 11.7. The largest absolute Gasteiger partial charge is 0.383 e. The zero-order chi connectivity index (χ0) is 12.5. The number of likely N-dealkylation sites (tertiary alicyclic amines) is 1. The van der Waals surface area contributed by atoms with Crippen molar-refractivity contribution in [2.45, 2.75) is 25.3 Å². The summed E-state index contributed by atoms with van der Waals surface area (Å²) in [5.74, 6) is 0. The number of piperidine rings is 1. The van der Waals surface area contributed by atoms with Crippen molar-refractivity contribution >= 4 is 0 Å². The van der Waals surface area contributed by atoms with E-state index in [1.807, 2.05) is 0 Å². The van der Waals surface area contributed by atoms with Gasteiger partial charge < -0.3 is 19.9 Å². The van der Waals surface area contributed by atoms with Gasteiger partial charge in [-0.2, -0.15) is 0 Å². The van der Waals surface area contributed by atoms with Crippen molar-refractivity contribution in [1.82, 2.24) is 15.1 Å². The molecule has 0 aromatic heterocycles. The molecule has 1 fully saturated rings. The Labute approximate surface area is 106 Å². The van der Waals surface area contributed by atoms with Gasteiger partial charge in [-0.25, -0.2) is 0 Å². The van der Waals surface area contributed by atoms with Crippen molar-refractivity contribution in [3.05, 3.63) is 0 Å². The SMILES string of the molecule is COCCN(C)CCNCC1CCCCN1C. The summed E-state index contributed by atoms with van der Waals surface area (Å²) in [6.07, 6.45) is 4.11. The summed E-state index contributed by atoms with van der Waals surface area (Å²) >= 11 is 0. The highest BCUT2D eigenvalue weighted by Gasteiger charge is 2.17. The molecule has 0 bridgehead atoms. The second-order valence-corrected chi connectivity index (χ2v) is 5.13. The van der Waals surface area contributed by atoms with Crippen molar-refractivity contribution < 1.29 is 4.74 Å². The third kappa shape index (κ3) is 6.36. The van der Waals surface area contributed by atoms with Crippen LogP contribution in [0.1, 0.15) is 19.3 Å².